The summed E-state index contributed by atoms with van der Waals surface area (Å²) in [7, 11) is -1.89. The van der Waals surface area contributed by atoms with Crippen molar-refractivity contribution in [2.24, 2.45) is 0 Å². The fourth-order valence-electron chi connectivity index (χ4n) is 1.16. The number of nitrogens with zero attached hydrogens (tertiary/aromatic N) is 1. The normalized spacial score (nSPS) is 11.3. The minimum absolute atomic E-state index is 0.0474. The van der Waals surface area contributed by atoms with Crippen LogP contribution in [0.25, 0.3) is 0 Å². The van der Waals surface area contributed by atoms with Crippen molar-refractivity contribution in [2.75, 3.05) is 12.5 Å². The third-order valence-corrected chi connectivity index (χ3v) is 2.66. The fraction of sp³-hybridized carbons (Fsp3) is 0.333. The highest BCUT2D eigenvalue weighted by Gasteiger charge is 2.15. The molecular weight excluding hydrogens is 202 g/mol. The smallest absolute Gasteiger partial charge is 0.258 e. The number of benzene rings is 1. The van der Waals surface area contributed by atoms with Crippen LogP contribution >= 0.6 is 0 Å². The van der Waals surface area contributed by atoms with E-state index in [-0.39, 0.29) is 5.69 Å². The molecule has 0 unspecified atom stereocenters. The third-order valence-electron chi connectivity index (χ3n) is 1.64. The molecule has 1 rings (SSSR count). The van der Waals surface area contributed by atoms with Crippen LogP contribution in [0, 0.1) is 10.1 Å². The van der Waals surface area contributed by atoms with E-state index in [4.69, 9.17) is 0 Å². The number of non-ortho nitro benzene ring substituents is 1. The Morgan fingerprint density at radius 3 is 2.57 bits per heavy atom. The molecule has 76 valence electrons. The van der Waals surface area contributed by atoms with Gasteiger partial charge in [-0.1, -0.05) is 12.1 Å². The molecule has 0 spiro atoms. The van der Waals surface area contributed by atoms with Crippen molar-refractivity contribution in [1.82, 2.24) is 0 Å². The summed E-state index contributed by atoms with van der Waals surface area (Å²) in [5.41, 5.74) is 0.792. The molecular formula is C9H12NO3S+. The summed E-state index contributed by atoms with van der Waals surface area (Å²) in [4.78, 5) is 10.0. The van der Waals surface area contributed by atoms with Crippen molar-refractivity contribution in [1.29, 1.82) is 0 Å². The van der Waals surface area contributed by atoms with Crippen LogP contribution in [-0.4, -0.2) is 17.4 Å². The second-order valence-electron chi connectivity index (χ2n) is 3.51. The van der Waals surface area contributed by atoms with Crippen LogP contribution in [-0.2, 0) is 19.9 Å². The predicted octanol–water partition coefficient (Wildman–Crippen LogP) is 1.85. The van der Waals surface area contributed by atoms with Gasteiger partial charge in [-0.05, 0) is 0 Å². The molecule has 0 aromatic heterocycles. The van der Waals surface area contributed by atoms with E-state index in [0.717, 1.165) is 5.56 Å². The second kappa shape index (κ2) is 3.88. The standard InChI is InChI=1S/C9H12NO3S/c1-14(2,13)7-8-4-3-5-9(6-8)10(11)12/h3-6H,7H2,1-2H3/q+1. The summed E-state index contributed by atoms with van der Waals surface area (Å²) in [5.74, 6) is 0.384. The minimum atomic E-state index is -1.89. The van der Waals surface area contributed by atoms with E-state index in [9.17, 15) is 14.3 Å². The van der Waals surface area contributed by atoms with Crippen molar-refractivity contribution in [3.05, 3.63) is 39.9 Å². The molecule has 0 N–H and O–H groups in total. The van der Waals surface area contributed by atoms with Crippen molar-refractivity contribution >= 4 is 15.6 Å². The molecule has 0 saturated carbocycles. The van der Waals surface area contributed by atoms with Gasteiger partial charge in [0.1, 0.15) is 18.3 Å². The SMILES string of the molecule is C[S+](C)(=O)Cc1cccc([N+](=O)[O-])c1. The monoisotopic (exact) mass is 214 g/mol. The van der Waals surface area contributed by atoms with E-state index >= 15 is 0 Å². The van der Waals surface area contributed by atoms with Gasteiger partial charge in [-0.2, -0.15) is 0 Å². The Balaban J connectivity index is 2.95. The lowest BCUT2D eigenvalue weighted by Gasteiger charge is -2.00. The van der Waals surface area contributed by atoms with Crippen LogP contribution in [0.1, 0.15) is 5.56 Å². The molecule has 14 heavy (non-hydrogen) atoms. The van der Waals surface area contributed by atoms with Gasteiger partial charge in [-0.3, -0.25) is 10.1 Å². The summed E-state index contributed by atoms with van der Waals surface area (Å²) >= 11 is 0. The molecule has 0 aliphatic rings. The number of rotatable bonds is 3. The largest absolute Gasteiger partial charge is 0.269 e. The molecule has 0 aliphatic carbocycles. The van der Waals surface area contributed by atoms with E-state index in [1.54, 1.807) is 24.6 Å². The Morgan fingerprint density at radius 2 is 2.07 bits per heavy atom. The van der Waals surface area contributed by atoms with Crippen molar-refractivity contribution in [3.8, 4) is 0 Å². The molecule has 0 bridgehead atoms. The molecule has 5 heteroatoms. The molecule has 0 aliphatic heterocycles. The zero-order valence-corrected chi connectivity index (χ0v) is 8.91. The maximum absolute atomic E-state index is 11.5. The highest BCUT2D eigenvalue weighted by Crippen LogP contribution is 2.16. The average molecular weight is 214 g/mol. The first-order valence-electron chi connectivity index (χ1n) is 4.04. The van der Waals surface area contributed by atoms with Crippen LogP contribution in [0.15, 0.2) is 24.3 Å². The number of hydrogen-bond acceptors (Lipinski definition) is 3. The van der Waals surface area contributed by atoms with Crippen LogP contribution in [0.2, 0.25) is 0 Å². The lowest BCUT2D eigenvalue weighted by atomic mass is 10.2. The predicted molar refractivity (Wildman–Crippen MR) is 56.7 cm³/mol. The second-order valence-corrected chi connectivity index (χ2v) is 6.67. The maximum Gasteiger partial charge on any atom is 0.269 e. The van der Waals surface area contributed by atoms with Crippen LogP contribution in [0.4, 0.5) is 5.69 Å². The zero-order chi connectivity index (χ0) is 10.8. The maximum atomic E-state index is 11.5. The van der Waals surface area contributed by atoms with Crippen molar-refractivity contribution in [3.63, 3.8) is 0 Å². The van der Waals surface area contributed by atoms with Gasteiger partial charge >= 0.3 is 0 Å². The highest BCUT2D eigenvalue weighted by atomic mass is 32.2. The Morgan fingerprint density at radius 1 is 1.43 bits per heavy atom. The molecule has 0 heterocycles. The first kappa shape index (κ1) is 10.8. The number of nitro benzene ring substituents is 1. The molecule has 0 amide bonds. The molecule has 1 aromatic carbocycles. The van der Waals surface area contributed by atoms with Gasteiger partial charge in [0.2, 0.25) is 0 Å². The quantitative estimate of drug-likeness (QED) is 0.438. The van der Waals surface area contributed by atoms with Gasteiger partial charge < -0.3 is 0 Å². The first-order valence-corrected chi connectivity index (χ1v) is 6.58. The summed E-state index contributed by atoms with van der Waals surface area (Å²) < 4.78 is 11.5. The minimum Gasteiger partial charge on any atom is -0.258 e. The van der Waals surface area contributed by atoms with Gasteiger partial charge in [-0.25, -0.2) is 0 Å². The van der Waals surface area contributed by atoms with Crippen molar-refractivity contribution in [2.45, 2.75) is 5.75 Å². The van der Waals surface area contributed by atoms with Gasteiger partial charge in [0.05, 0.1) is 14.9 Å². The van der Waals surface area contributed by atoms with Crippen LogP contribution in [0.3, 0.4) is 0 Å². The van der Waals surface area contributed by atoms with Gasteiger partial charge in [0, 0.05) is 17.7 Å². The van der Waals surface area contributed by atoms with Crippen LogP contribution in [0.5, 0.6) is 0 Å². The van der Waals surface area contributed by atoms with Crippen molar-refractivity contribution < 1.29 is 9.13 Å². The number of nitro groups is 1. The highest BCUT2D eigenvalue weighted by molar-refractivity contribution is 8.00. The van der Waals surface area contributed by atoms with Gasteiger partial charge in [0.25, 0.3) is 5.69 Å². The van der Waals surface area contributed by atoms with E-state index in [1.165, 1.54) is 12.1 Å². The Bertz CT molecular complexity index is 397. The molecule has 1 aromatic rings. The Labute approximate surface area is 83.5 Å². The molecule has 0 saturated heterocycles. The average Bonchev–Trinajstić information content (AvgIpc) is 2.01. The first-order chi connectivity index (χ1) is 6.38. The van der Waals surface area contributed by atoms with E-state index in [0.29, 0.717) is 5.75 Å². The number of hydrogen-bond donors (Lipinski definition) is 0. The Kier molecular flexibility index (Phi) is 3.00. The fourth-order valence-corrected chi connectivity index (χ4v) is 2.14. The summed E-state index contributed by atoms with van der Waals surface area (Å²) in [5, 5.41) is 10.5. The lowest BCUT2D eigenvalue weighted by molar-refractivity contribution is -0.384. The van der Waals surface area contributed by atoms with Gasteiger partial charge in [0.15, 0.2) is 0 Å². The van der Waals surface area contributed by atoms with Gasteiger partial charge in [-0.15, -0.1) is 4.21 Å². The molecule has 0 fully saturated rings. The summed E-state index contributed by atoms with van der Waals surface area (Å²) in [6, 6.07) is 6.25. The van der Waals surface area contributed by atoms with E-state index in [1.807, 2.05) is 0 Å². The lowest BCUT2D eigenvalue weighted by Crippen LogP contribution is -2.08. The van der Waals surface area contributed by atoms with E-state index in [2.05, 4.69) is 0 Å². The topological polar surface area (TPSA) is 60.2 Å². The summed E-state index contributed by atoms with van der Waals surface area (Å²) in [6.45, 7) is 0. The molecule has 0 radical (unpaired) electrons. The summed E-state index contributed by atoms with van der Waals surface area (Å²) in [6.07, 6.45) is 3.29. The van der Waals surface area contributed by atoms with Crippen LogP contribution < -0.4 is 0 Å². The molecule has 0 atom stereocenters. The Hall–Kier alpha value is -1.23. The van der Waals surface area contributed by atoms with E-state index < -0.39 is 14.9 Å². The molecule has 4 nitrogen and oxygen atoms in total. The zero-order valence-electron chi connectivity index (χ0n) is 8.10. The third kappa shape index (κ3) is 3.26.